The van der Waals surface area contributed by atoms with Crippen molar-refractivity contribution < 1.29 is 17.4 Å². The van der Waals surface area contributed by atoms with E-state index in [-0.39, 0.29) is 0 Å². The van der Waals surface area contributed by atoms with E-state index < -0.39 is 11.0 Å². The summed E-state index contributed by atoms with van der Waals surface area (Å²) >= 11 is 0. The van der Waals surface area contributed by atoms with Gasteiger partial charge < -0.3 is 4.74 Å². The first-order valence-electron chi connectivity index (χ1n) is 4.28. The summed E-state index contributed by atoms with van der Waals surface area (Å²) < 4.78 is 30.1. The van der Waals surface area contributed by atoms with E-state index in [0.29, 0.717) is 6.54 Å². The minimum Gasteiger partial charge on any atom is -0.497 e. The Balaban J connectivity index is 2.63. The van der Waals surface area contributed by atoms with Crippen LogP contribution in [-0.4, -0.2) is 27.6 Å². The predicted molar refractivity (Wildman–Crippen MR) is 55.9 cm³/mol. The zero-order chi connectivity index (χ0) is 11.3. The monoisotopic (exact) mass is 231 g/mol. The van der Waals surface area contributed by atoms with Crippen LogP contribution in [0, 0.1) is 0 Å². The van der Waals surface area contributed by atoms with Crippen LogP contribution in [0.2, 0.25) is 0 Å². The van der Waals surface area contributed by atoms with Crippen LogP contribution in [0.5, 0.6) is 5.75 Å². The molecule has 5 nitrogen and oxygen atoms in total. The van der Waals surface area contributed by atoms with E-state index in [2.05, 4.69) is 4.28 Å². The highest BCUT2D eigenvalue weighted by molar-refractivity contribution is 7.67. The topological polar surface area (TPSA) is 55.8 Å². The summed E-state index contributed by atoms with van der Waals surface area (Å²) in [7, 11) is 0.271. The van der Waals surface area contributed by atoms with E-state index in [4.69, 9.17) is 4.74 Å². The van der Waals surface area contributed by atoms with E-state index in [1.807, 2.05) is 24.3 Å². The summed E-state index contributed by atoms with van der Waals surface area (Å²) in [6.07, 6.45) is 0. The summed E-state index contributed by atoms with van der Waals surface area (Å²) in [4.78, 5) is 0. The van der Waals surface area contributed by atoms with Gasteiger partial charge in [-0.1, -0.05) is 12.1 Å². The van der Waals surface area contributed by atoms with Crippen LogP contribution >= 0.6 is 0 Å². The van der Waals surface area contributed by atoms with Crippen molar-refractivity contribution >= 4 is 11.0 Å². The molecule has 84 valence electrons. The van der Waals surface area contributed by atoms with Crippen molar-refractivity contribution in [3.8, 4) is 5.75 Å². The van der Waals surface area contributed by atoms with Gasteiger partial charge in [-0.2, -0.15) is 9.35 Å². The molecule has 0 amide bonds. The summed E-state index contributed by atoms with van der Waals surface area (Å²) in [5.41, 5.74) is 0.911. The van der Waals surface area contributed by atoms with Crippen molar-refractivity contribution in [1.29, 1.82) is 0 Å². The van der Waals surface area contributed by atoms with Gasteiger partial charge in [0.25, 0.3) is 11.0 Å². The number of thiol groups is 1. The molecule has 0 radical (unpaired) electrons. The molecule has 15 heavy (non-hydrogen) atoms. The van der Waals surface area contributed by atoms with Crippen LogP contribution in [-0.2, 0) is 21.8 Å². The Morgan fingerprint density at radius 2 is 2.13 bits per heavy atom. The highest BCUT2D eigenvalue weighted by Gasteiger charge is 2.02. The minimum absolute atomic E-state index is 0.376. The highest BCUT2D eigenvalue weighted by atomic mass is 32.2. The SMILES string of the molecule is COc1cccc(CN(C)O[SH](=O)=O)c1. The van der Waals surface area contributed by atoms with E-state index in [1.165, 1.54) is 5.06 Å². The van der Waals surface area contributed by atoms with Crippen molar-refractivity contribution in [2.75, 3.05) is 14.2 Å². The number of ether oxygens (including phenoxy) is 1. The Kier molecular flexibility index (Phi) is 4.54. The molecule has 0 aliphatic rings. The molecule has 1 rings (SSSR count). The van der Waals surface area contributed by atoms with Crippen LogP contribution in [0.25, 0.3) is 0 Å². The molecule has 6 heteroatoms. The minimum atomic E-state index is -2.85. The van der Waals surface area contributed by atoms with Crippen LogP contribution in [0.4, 0.5) is 0 Å². The Labute approximate surface area is 90.3 Å². The zero-order valence-electron chi connectivity index (χ0n) is 8.54. The van der Waals surface area contributed by atoms with Crippen molar-refractivity contribution in [2.24, 2.45) is 0 Å². The maximum atomic E-state index is 10.3. The molecule has 0 aliphatic heterocycles. The first kappa shape index (κ1) is 12.0. The van der Waals surface area contributed by atoms with Gasteiger partial charge in [-0.25, -0.2) is 8.42 Å². The predicted octanol–water partition coefficient (Wildman–Crippen LogP) is 0.585. The maximum absolute atomic E-state index is 10.3. The molecule has 0 atom stereocenters. The first-order valence-corrected chi connectivity index (χ1v) is 5.38. The normalized spacial score (nSPS) is 10.9. The molecule has 0 saturated carbocycles. The third kappa shape index (κ3) is 4.28. The van der Waals surface area contributed by atoms with Crippen molar-refractivity contribution in [3.63, 3.8) is 0 Å². The lowest BCUT2D eigenvalue weighted by Gasteiger charge is -2.12. The highest BCUT2D eigenvalue weighted by Crippen LogP contribution is 2.13. The third-order valence-corrected chi connectivity index (χ3v) is 2.16. The van der Waals surface area contributed by atoms with Crippen molar-refractivity contribution in [3.05, 3.63) is 29.8 Å². The fourth-order valence-corrected chi connectivity index (χ4v) is 1.46. The Morgan fingerprint density at radius 1 is 1.40 bits per heavy atom. The molecule has 0 aliphatic carbocycles. The Hall–Kier alpha value is -1.11. The molecule has 1 aromatic carbocycles. The molecule has 0 unspecified atom stereocenters. The van der Waals surface area contributed by atoms with E-state index >= 15 is 0 Å². The molecule has 1 aromatic rings. The van der Waals surface area contributed by atoms with Gasteiger partial charge >= 0.3 is 0 Å². The van der Waals surface area contributed by atoms with Crippen LogP contribution < -0.4 is 4.74 Å². The lowest BCUT2D eigenvalue weighted by molar-refractivity contribution is -0.0271. The molecule has 0 saturated heterocycles. The number of rotatable bonds is 5. The maximum Gasteiger partial charge on any atom is 0.273 e. The van der Waals surface area contributed by atoms with Gasteiger partial charge in [0.2, 0.25) is 0 Å². The molecule has 0 aromatic heterocycles. The fourth-order valence-electron chi connectivity index (χ4n) is 1.17. The average Bonchev–Trinajstić information content (AvgIpc) is 2.16. The smallest absolute Gasteiger partial charge is 0.273 e. The van der Waals surface area contributed by atoms with Gasteiger partial charge in [0, 0.05) is 7.05 Å². The number of nitrogens with zero attached hydrogens (tertiary/aromatic N) is 1. The van der Waals surface area contributed by atoms with Crippen molar-refractivity contribution in [2.45, 2.75) is 6.54 Å². The van der Waals surface area contributed by atoms with Crippen LogP contribution in [0.1, 0.15) is 5.56 Å². The summed E-state index contributed by atoms with van der Waals surface area (Å²) in [6.45, 7) is 0.376. The number of benzene rings is 1. The number of methoxy groups -OCH3 is 1. The average molecular weight is 231 g/mol. The molecule has 0 N–H and O–H groups in total. The molecule has 0 heterocycles. The largest absolute Gasteiger partial charge is 0.497 e. The second kappa shape index (κ2) is 5.69. The quantitative estimate of drug-likeness (QED) is 0.593. The third-order valence-electron chi connectivity index (χ3n) is 1.75. The van der Waals surface area contributed by atoms with Crippen LogP contribution in [0.15, 0.2) is 24.3 Å². The standard InChI is InChI=1S/C9H13NO4S/c1-10(14-15(11)12)7-8-4-3-5-9(6-8)13-2/h3-6,15H,7H2,1-2H3. The van der Waals surface area contributed by atoms with Gasteiger partial charge in [0.1, 0.15) is 5.75 Å². The lowest BCUT2D eigenvalue weighted by atomic mass is 10.2. The van der Waals surface area contributed by atoms with Gasteiger partial charge in [0.05, 0.1) is 13.7 Å². The molecule has 0 bridgehead atoms. The fraction of sp³-hybridized carbons (Fsp3) is 0.333. The van der Waals surface area contributed by atoms with Gasteiger partial charge in [0.15, 0.2) is 0 Å². The summed E-state index contributed by atoms with van der Waals surface area (Å²) in [6, 6.07) is 7.33. The number of hydroxylamine groups is 2. The van der Waals surface area contributed by atoms with Gasteiger partial charge in [-0.15, -0.1) is 0 Å². The summed E-state index contributed by atoms with van der Waals surface area (Å²) in [5.74, 6) is 0.729. The second-order valence-electron chi connectivity index (χ2n) is 2.94. The number of hydrogen-bond donors (Lipinski definition) is 1. The van der Waals surface area contributed by atoms with Gasteiger partial charge in [-0.3, -0.25) is 0 Å². The molecule has 0 fully saturated rings. The van der Waals surface area contributed by atoms with Crippen molar-refractivity contribution in [1.82, 2.24) is 5.06 Å². The second-order valence-corrected chi connectivity index (χ2v) is 3.55. The molecular formula is C9H13NO4S. The van der Waals surface area contributed by atoms with E-state index in [1.54, 1.807) is 14.2 Å². The zero-order valence-corrected chi connectivity index (χ0v) is 9.44. The first-order chi connectivity index (χ1) is 7.11. The summed E-state index contributed by atoms with van der Waals surface area (Å²) in [5, 5.41) is 1.24. The van der Waals surface area contributed by atoms with Crippen LogP contribution in [0.3, 0.4) is 0 Å². The number of hydrogen-bond acceptors (Lipinski definition) is 5. The lowest BCUT2D eigenvalue weighted by Crippen LogP contribution is -2.17. The molecule has 0 spiro atoms. The van der Waals surface area contributed by atoms with E-state index in [9.17, 15) is 8.42 Å². The van der Waals surface area contributed by atoms with E-state index in [0.717, 1.165) is 11.3 Å². The Morgan fingerprint density at radius 3 is 2.73 bits per heavy atom. The molecular weight excluding hydrogens is 218 g/mol. The Bertz CT molecular complexity index is 383. The van der Waals surface area contributed by atoms with Gasteiger partial charge in [-0.05, 0) is 17.7 Å².